The number of hydrogen-bond donors (Lipinski definition) is 2. The van der Waals surface area contributed by atoms with Gasteiger partial charge in [-0.05, 0) is 42.8 Å². The second kappa shape index (κ2) is 6.78. The molecule has 0 radical (unpaired) electrons. The fraction of sp³-hybridized carbons (Fsp3) is 0.200. The minimum absolute atomic E-state index is 0.807. The molecule has 0 saturated heterocycles. The molecular weight excluding hydrogens is 300 g/mol. The molecule has 0 atom stereocenters. The zero-order valence-electron chi connectivity index (χ0n) is 11.7. The number of H-pyrrole nitrogens is 1. The highest BCUT2D eigenvalue weighted by Gasteiger charge is 2.01. The fourth-order valence-electron chi connectivity index (χ4n) is 1.89. The van der Waals surface area contributed by atoms with E-state index in [2.05, 4.69) is 63.8 Å². The molecule has 0 aliphatic rings. The lowest BCUT2D eigenvalue weighted by Gasteiger charge is -2.05. The number of aromatic nitrogens is 3. The largest absolute Gasteiger partial charge is 0.380 e. The summed E-state index contributed by atoms with van der Waals surface area (Å²) in [5.41, 5.74) is 1.13. The highest BCUT2D eigenvalue weighted by atomic mass is 32.2. The molecule has 3 rings (SSSR count). The van der Waals surface area contributed by atoms with Crippen LogP contribution in [0.2, 0.25) is 0 Å². The van der Waals surface area contributed by atoms with Crippen LogP contribution in [0.4, 0.5) is 5.69 Å². The maximum Gasteiger partial charge on any atom is 0.188 e. The van der Waals surface area contributed by atoms with Gasteiger partial charge in [-0.3, -0.25) is 5.10 Å². The summed E-state index contributed by atoms with van der Waals surface area (Å²) in [6.07, 6.45) is 2.63. The Morgan fingerprint density at radius 2 is 1.95 bits per heavy atom. The average molecular weight is 316 g/mol. The van der Waals surface area contributed by atoms with Crippen molar-refractivity contribution >= 4 is 28.8 Å². The summed E-state index contributed by atoms with van der Waals surface area (Å²) in [6.45, 7) is 3.06. The lowest BCUT2D eigenvalue weighted by molar-refractivity contribution is 0.973. The zero-order valence-corrected chi connectivity index (χ0v) is 13.3. The maximum atomic E-state index is 4.10. The molecule has 1 aromatic carbocycles. The van der Waals surface area contributed by atoms with Gasteiger partial charge in [0.15, 0.2) is 5.16 Å². The van der Waals surface area contributed by atoms with E-state index in [-0.39, 0.29) is 0 Å². The van der Waals surface area contributed by atoms with E-state index < -0.39 is 0 Å². The normalized spacial score (nSPS) is 10.7. The van der Waals surface area contributed by atoms with Crippen molar-refractivity contribution in [1.29, 1.82) is 0 Å². The summed E-state index contributed by atoms with van der Waals surface area (Å²) >= 11 is 3.44. The molecule has 4 nitrogen and oxygen atoms in total. The van der Waals surface area contributed by atoms with E-state index in [9.17, 15) is 0 Å². The lowest BCUT2D eigenvalue weighted by atomic mass is 10.3. The van der Waals surface area contributed by atoms with E-state index >= 15 is 0 Å². The summed E-state index contributed by atoms with van der Waals surface area (Å²) < 4.78 is 0. The Labute approximate surface area is 132 Å². The molecular formula is C15H16N4S2. The van der Waals surface area contributed by atoms with Gasteiger partial charge < -0.3 is 5.32 Å². The Hall–Kier alpha value is -1.79. The van der Waals surface area contributed by atoms with Gasteiger partial charge in [0, 0.05) is 26.9 Å². The van der Waals surface area contributed by atoms with Gasteiger partial charge in [-0.25, -0.2) is 4.98 Å². The number of hydrogen-bond acceptors (Lipinski definition) is 5. The van der Waals surface area contributed by atoms with Gasteiger partial charge in [-0.15, -0.1) is 11.3 Å². The second-order valence-corrected chi connectivity index (χ2v) is 6.81. The maximum absolute atomic E-state index is 4.10. The van der Waals surface area contributed by atoms with Gasteiger partial charge in [-0.1, -0.05) is 18.7 Å². The Morgan fingerprint density at radius 1 is 1.14 bits per heavy atom. The number of rotatable bonds is 6. The predicted molar refractivity (Wildman–Crippen MR) is 88.0 cm³/mol. The third kappa shape index (κ3) is 3.86. The lowest BCUT2D eigenvalue weighted by Crippen LogP contribution is -1.96. The Kier molecular flexibility index (Phi) is 4.57. The molecule has 6 heteroatoms. The van der Waals surface area contributed by atoms with Gasteiger partial charge in [0.25, 0.3) is 0 Å². The Balaban J connectivity index is 1.56. The number of anilines is 1. The molecule has 0 fully saturated rings. The molecule has 2 aromatic heterocycles. The number of thiophene rings is 1. The molecule has 21 heavy (non-hydrogen) atoms. The van der Waals surface area contributed by atoms with Gasteiger partial charge in [0.2, 0.25) is 0 Å². The highest BCUT2D eigenvalue weighted by Crippen LogP contribution is 2.25. The van der Waals surface area contributed by atoms with Crippen molar-refractivity contribution in [3.05, 3.63) is 52.5 Å². The molecule has 0 aliphatic heterocycles. The quantitative estimate of drug-likeness (QED) is 0.716. The van der Waals surface area contributed by atoms with Crippen molar-refractivity contribution < 1.29 is 0 Å². The van der Waals surface area contributed by atoms with Crippen LogP contribution in [0.1, 0.15) is 16.7 Å². The Morgan fingerprint density at radius 3 is 2.62 bits per heavy atom. The first-order valence-corrected chi connectivity index (χ1v) is 8.41. The average Bonchev–Trinajstić information content (AvgIpc) is 3.18. The molecule has 108 valence electrons. The third-order valence-electron chi connectivity index (χ3n) is 2.99. The molecule has 0 unspecified atom stereocenters. The van der Waals surface area contributed by atoms with Crippen molar-refractivity contribution in [2.75, 3.05) is 5.32 Å². The molecule has 2 heterocycles. The number of aryl methyl sites for hydroxylation is 1. The highest BCUT2D eigenvalue weighted by molar-refractivity contribution is 7.99. The predicted octanol–water partition coefficient (Wildman–Crippen LogP) is 4.19. The van der Waals surface area contributed by atoms with Gasteiger partial charge in [-0.2, -0.15) is 5.10 Å². The molecule has 0 saturated carbocycles. The van der Waals surface area contributed by atoms with E-state index in [1.54, 1.807) is 11.8 Å². The van der Waals surface area contributed by atoms with Crippen molar-refractivity contribution in [3.63, 3.8) is 0 Å². The van der Waals surface area contributed by atoms with E-state index in [1.165, 1.54) is 16.1 Å². The summed E-state index contributed by atoms with van der Waals surface area (Å²) in [5, 5.41) is 10.9. The minimum Gasteiger partial charge on any atom is -0.380 e. The van der Waals surface area contributed by atoms with E-state index in [0.717, 1.165) is 28.7 Å². The van der Waals surface area contributed by atoms with Gasteiger partial charge in [0.1, 0.15) is 6.33 Å². The van der Waals surface area contributed by atoms with Crippen LogP contribution in [-0.4, -0.2) is 15.2 Å². The first-order valence-electron chi connectivity index (χ1n) is 6.78. The number of aromatic amines is 1. The molecule has 0 aliphatic carbocycles. The van der Waals surface area contributed by atoms with E-state index in [1.807, 2.05) is 11.3 Å². The second-order valence-electron chi connectivity index (χ2n) is 4.49. The Bertz CT molecular complexity index is 674. The molecule has 0 amide bonds. The molecule has 0 bridgehead atoms. The smallest absolute Gasteiger partial charge is 0.188 e. The van der Waals surface area contributed by atoms with Gasteiger partial charge >= 0.3 is 0 Å². The van der Waals surface area contributed by atoms with Crippen LogP contribution in [0.5, 0.6) is 0 Å². The first-order chi connectivity index (χ1) is 10.3. The zero-order chi connectivity index (χ0) is 14.5. The summed E-state index contributed by atoms with van der Waals surface area (Å²) in [6, 6.07) is 12.8. The van der Waals surface area contributed by atoms with E-state index in [0.29, 0.717) is 0 Å². The summed E-state index contributed by atoms with van der Waals surface area (Å²) in [4.78, 5) is 8.05. The molecule has 3 aromatic rings. The first kappa shape index (κ1) is 14.2. The topological polar surface area (TPSA) is 53.6 Å². The van der Waals surface area contributed by atoms with Crippen molar-refractivity contribution in [1.82, 2.24) is 15.2 Å². The van der Waals surface area contributed by atoms with Crippen LogP contribution in [0.25, 0.3) is 0 Å². The molecule has 2 N–H and O–H groups in total. The number of nitrogens with zero attached hydrogens (tertiary/aromatic N) is 2. The third-order valence-corrected chi connectivity index (χ3v) is 5.12. The summed E-state index contributed by atoms with van der Waals surface area (Å²) in [5.74, 6) is 0. The standard InChI is InChI=1S/C15H16N4S2/c1-2-12-7-8-14(20-12)9-16-11-3-5-13(6-4-11)21-15-17-10-18-19-15/h3-8,10,16H,2,9H2,1H3,(H,17,18,19). The van der Waals surface area contributed by atoms with Crippen LogP contribution in [-0.2, 0) is 13.0 Å². The van der Waals surface area contributed by atoms with Crippen LogP contribution in [0, 0.1) is 0 Å². The van der Waals surface area contributed by atoms with Crippen molar-refractivity contribution in [3.8, 4) is 0 Å². The van der Waals surface area contributed by atoms with Crippen LogP contribution >= 0.6 is 23.1 Å². The summed E-state index contributed by atoms with van der Waals surface area (Å²) in [7, 11) is 0. The van der Waals surface area contributed by atoms with Crippen molar-refractivity contribution in [2.24, 2.45) is 0 Å². The number of benzene rings is 1. The number of nitrogens with one attached hydrogen (secondary N) is 2. The van der Waals surface area contributed by atoms with Crippen LogP contribution in [0.15, 0.2) is 52.8 Å². The van der Waals surface area contributed by atoms with Gasteiger partial charge in [0.05, 0.1) is 0 Å². The minimum atomic E-state index is 0.807. The SMILES string of the molecule is CCc1ccc(CNc2ccc(Sc3ncn[nH]3)cc2)s1. The molecule has 0 spiro atoms. The van der Waals surface area contributed by atoms with Crippen LogP contribution in [0.3, 0.4) is 0 Å². The fourth-order valence-corrected chi connectivity index (χ4v) is 3.48. The van der Waals surface area contributed by atoms with Crippen LogP contribution < -0.4 is 5.32 Å². The van der Waals surface area contributed by atoms with Crippen molar-refractivity contribution in [2.45, 2.75) is 29.9 Å². The van der Waals surface area contributed by atoms with E-state index in [4.69, 9.17) is 0 Å². The monoisotopic (exact) mass is 316 g/mol.